The van der Waals surface area contributed by atoms with Gasteiger partial charge in [0.15, 0.2) is 0 Å². The Morgan fingerprint density at radius 1 is 1.09 bits per heavy atom. The van der Waals surface area contributed by atoms with Gasteiger partial charge in [-0.3, -0.25) is 4.79 Å². The summed E-state index contributed by atoms with van der Waals surface area (Å²) < 4.78 is 15.6. The third-order valence-corrected chi connectivity index (χ3v) is 7.08. The van der Waals surface area contributed by atoms with E-state index in [4.69, 9.17) is 28.9 Å². The van der Waals surface area contributed by atoms with Gasteiger partial charge in [-0.1, -0.05) is 53.5 Å². The van der Waals surface area contributed by atoms with Crippen LogP contribution in [0, 0.1) is 5.82 Å². The molecule has 0 spiro atoms. The number of rotatable bonds is 6. The van der Waals surface area contributed by atoms with E-state index < -0.39 is 5.82 Å². The Morgan fingerprint density at radius 2 is 1.85 bits per heavy atom. The second-order valence-corrected chi connectivity index (χ2v) is 9.66. The first-order chi connectivity index (χ1) is 15.8. The highest BCUT2D eigenvalue weighted by Crippen LogP contribution is 2.44. The first-order valence-corrected chi connectivity index (χ1v) is 11.8. The van der Waals surface area contributed by atoms with Crippen LogP contribution in [0.2, 0.25) is 10.0 Å². The van der Waals surface area contributed by atoms with Crippen molar-refractivity contribution in [3.8, 4) is 11.1 Å². The summed E-state index contributed by atoms with van der Waals surface area (Å²) in [5.41, 5.74) is 9.01. The third-order valence-electron chi connectivity index (χ3n) is 5.20. The fourth-order valence-electron chi connectivity index (χ4n) is 3.47. The molecule has 0 unspecified atom stereocenters. The number of anilines is 1. The molecule has 2 aromatic heterocycles. The summed E-state index contributed by atoms with van der Waals surface area (Å²) in [6.45, 7) is 2.36. The smallest absolute Gasteiger partial charge is 0.251 e. The van der Waals surface area contributed by atoms with Crippen molar-refractivity contribution in [2.24, 2.45) is 0 Å². The zero-order valence-electron chi connectivity index (χ0n) is 17.6. The fraction of sp³-hybridized carbons (Fsp3) is 0.120. The molecule has 1 atom stereocenters. The van der Waals surface area contributed by atoms with Gasteiger partial charge >= 0.3 is 0 Å². The number of aromatic nitrogens is 2. The first kappa shape index (κ1) is 23.4. The molecule has 0 aliphatic carbocycles. The summed E-state index contributed by atoms with van der Waals surface area (Å²) in [4.78, 5) is 17.7. The van der Waals surface area contributed by atoms with Gasteiger partial charge in [-0.05, 0) is 42.3 Å². The fourth-order valence-corrected chi connectivity index (χ4v) is 5.41. The van der Waals surface area contributed by atoms with Crippen LogP contribution in [0.1, 0.15) is 23.3 Å². The summed E-state index contributed by atoms with van der Waals surface area (Å²) in [6, 6.07) is 17.8. The van der Waals surface area contributed by atoms with Crippen molar-refractivity contribution in [2.75, 3.05) is 5.73 Å². The summed E-state index contributed by atoms with van der Waals surface area (Å²) in [7, 11) is 0. The number of nitrogen functional groups attached to an aromatic ring is 1. The van der Waals surface area contributed by atoms with E-state index in [9.17, 15) is 9.18 Å². The lowest BCUT2D eigenvalue weighted by atomic mass is 10.1. The molecule has 0 aliphatic heterocycles. The van der Waals surface area contributed by atoms with Crippen LogP contribution in [0.3, 0.4) is 0 Å². The maximum atomic E-state index is 14.0. The Balaban J connectivity index is 1.61. The van der Waals surface area contributed by atoms with Crippen molar-refractivity contribution < 1.29 is 4.39 Å². The minimum Gasteiger partial charge on any atom is -0.383 e. The Morgan fingerprint density at radius 3 is 2.58 bits per heavy atom. The Kier molecular flexibility index (Phi) is 7.08. The van der Waals surface area contributed by atoms with Crippen molar-refractivity contribution in [1.29, 1.82) is 0 Å². The van der Waals surface area contributed by atoms with Gasteiger partial charge in [0.2, 0.25) is 0 Å². The number of nitrogens with zero attached hydrogens (tertiary/aromatic N) is 2. The maximum Gasteiger partial charge on any atom is 0.251 e. The molecular weight excluding hydrogens is 480 g/mol. The molecule has 4 rings (SSSR count). The van der Waals surface area contributed by atoms with Crippen molar-refractivity contribution in [3.63, 3.8) is 0 Å². The van der Waals surface area contributed by atoms with Gasteiger partial charge in [0.25, 0.3) is 5.56 Å². The van der Waals surface area contributed by atoms with E-state index in [1.165, 1.54) is 23.9 Å². The third kappa shape index (κ3) is 5.24. The average molecular weight is 500 g/mol. The normalized spacial score (nSPS) is 12.0. The zero-order valence-corrected chi connectivity index (χ0v) is 20.0. The second kappa shape index (κ2) is 10.00. The highest BCUT2D eigenvalue weighted by Gasteiger charge is 2.19. The van der Waals surface area contributed by atoms with Crippen LogP contribution in [-0.4, -0.2) is 9.55 Å². The van der Waals surface area contributed by atoms with Crippen LogP contribution in [0.4, 0.5) is 10.2 Å². The molecule has 4 aromatic rings. The molecule has 0 aliphatic rings. The molecule has 2 aromatic carbocycles. The number of thioether (sulfide) groups is 1. The molecule has 8 heteroatoms. The van der Waals surface area contributed by atoms with Gasteiger partial charge < -0.3 is 10.3 Å². The number of benzene rings is 2. The zero-order chi connectivity index (χ0) is 23.5. The number of pyridine rings is 2. The summed E-state index contributed by atoms with van der Waals surface area (Å²) in [5.74, 6) is -0.198. The quantitative estimate of drug-likeness (QED) is 0.233. The van der Waals surface area contributed by atoms with Crippen LogP contribution >= 0.6 is 35.0 Å². The van der Waals surface area contributed by atoms with Gasteiger partial charge in [0.05, 0.1) is 16.5 Å². The van der Waals surface area contributed by atoms with Crippen molar-refractivity contribution in [1.82, 2.24) is 9.55 Å². The maximum absolute atomic E-state index is 14.0. The summed E-state index contributed by atoms with van der Waals surface area (Å²) in [6.07, 6.45) is 3.39. The predicted octanol–water partition coefficient (Wildman–Crippen LogP) is 6.84. The number of hydrogen-bond donors (Lipinski definition) is 1. The second-order valence-electron chi connectivity index (χ2n) is 7.49. The van der Waals surface area contributed by atoms with Gasteiger partial charge in [-0.25, -0.2) is 9.37 Å². The highest BCUT2D eigenvalue weighted by atomic mass is 35.5. The minimum atomic E-state index is -0.528. The Labute approximate surface area is 205 Å². The van der Waals surface area contributed by atoms with E-state index in [0.717, 1.165) is 16.7 Å². The predicted molar refractivity (Wildman–Crippen MR) is 135 cm³/mol. The minimum absolute atomic E-state index is 0.00721. The molecule has 0 fully saturated rings. The molecule has 0 saturated carbocycles. The molecule has 0 amide bonds. The Hall–Kier alpha value is -2.80. The largest absolute Gasteiger partial charge is 0.383 e. The van der Waals surface area contributed by atoms with E-state index >= 15 is 0 Å². The van der Waals surface area contributed by atoms with E-state index in [1.54, 1.807) is 23.0 Å². The highest BCUT2D eigenvalue weighted by molar-refractivity contribution is 7.99. The molecule has 168 valence electrons. The average Bonchev–Trinajstić information content (AvgIpc) is 2.80. The number of halogens is 3. The van der Waals surface area contributed by atoms with E-state index in [0.29, 0.717) is 27.8 Å². The molecular formula is C25H20Cl2FN3OS. The van der Waals surface area contributed by atoms with Crippen LogP contribution < -0.4 is 11.3 Å². The molecule has 4 nitrogen and oxygen atoms in total. The van der Waals surface area contributed by atoms with Crippen LogP contribution in [0.5, 0.6) is 0 Å². The van der Waals surface area contributed by atoms with Gasteiger partial charge in [0.1, 0.15) is 11.6 Å². The standard InChI is InChI=1S/C25H20Cl2FN3OS/c1-15(23-19(26)7-8-20(28)24(23)27)33-21-11-18(13-30-25(21)29)17-9-10-31(22(32)12-17)14-16-5-3-2-4-6-16/h2-13,15H,14H2,1H3,(H2,29,30)/t15-/m1/s1. The van der Waals surface area contributed by atoms with E-state index in [2.05, 4.69) is 4.98 Å². The van der Waals surface area contributed by atoms with Crippen LogP contribution in [0.25, 0.3) is 11.1 Å². The number of hydrogen-bond acceptors (Lipinski definition) is 4. The van der Waals surface area contributed by atoms with Gasteiger partial charge in [-0.2, -0.15) is 0 Å². The lowest BCUT2D eigenvalue weighted by Gasteiger charge is -2.17. The van der Waals surface area contributed by atoms with E-state index in [1.807, 2.05) is 49.4 Å². The molecule has 0 radical (unpaired) electrons. The summed E-state index contributed by atoms with van der Waals surface area (Å²) >= 11 is 13.8. The van der Waals surface area contributed by atoms with Crippen LogP contribution in [-0.2, 0) is 6.54 Å². The lowest BCUT2D eigenvalue weighted by Crippen LogP contribution is -2.19. The van der Waals surface area contributed by atoms with Crippen molar-refractivity contribution in [2.45, 2.75) is 23.6 Å². The van der Waals surface area contributed by atoms with Gasteiger partial charge in [0, 0.05) is 39.9 Å². The monoisotopic (exact) mass is 499 g/mol. The van der Waals surface area contributed by atoms with Gasteiger partial charge in [-0.15, -0.1) is 11.8 Å². The molecule has 2 heterocycles. The van der Waals surface area contributed by atoms with E-state index in [-0.39, 0.29) is 15.8 Å². The lowest BCUT2D eigenvalue weighted by molar-refractivity contribution is 0.626. The summed E-state index contributed by atoms with van der Waals surface area (Å²) in [5, 5.41) is 0.0947. The Bertz CT molecular complexity index is 1360. The SMILES string of the molecule is C[C@@H](Sc1cc(-c2ccn(Cc3ccccc3)c(=O)c2)cnc1N)c1c(Cl)ccc(F)c1Cl. The molecule has 0 bridgehead atoms. The first-order valence-electron chi connectivity index (χ1n) is 10.1. The van der Waals surface area contributed by atoms with Crippen molar-refractivity contribution >= 4 is 40.8 Å². The van der Waals surface area contributed by atoms with Crippen LogP contribution in [0.15, 0.2) is 82.7 Å². The topological polar surface area (TPSA) is 60.9 Å². The van der Waals surface area contributed by atoms with Crippen molar-refractivity contribution in [3.05, 3.63) is 110 Å². The number of nitrogens with two attached hydrogens (primary N) is 1. The molecule has 33 heavy (non-hydrogen) atoms. The molecule has 0 saturated heterocycles. The molecule has 2 N–H and O–H groups in total.